The van der Waals surface area contributed by atoms with Crippen molar-refractivity contribution in [1.29, 1.82) is 0 Å². The summed E-state index contributed by atoms with van der Waals surface area (Å²) in [6.45, 7) is 2.11. The number of nitrogens with zero attached hydrogens (tertiary/aromatic N) is 2. The molecule has 5 nitrogen and oxygen atoms in total. The number of hydrogen-bond acceptors (Lipinski definition) is 6. The van der Waals surface area contributed by atoms with Gasteiger partial charge in [0.25, 0.3) is 0 Å². The Morgan fingerprint density at radius 2 is 2.39 bits per heavy atom. The molecule has 0 aliphatic heterocycles. The van der Waals surface area contributed by atoms with Gasteiger partial charge in [0.2, 0.25) is 0 Å². The highest BCUT2D eigenvalue weighted by atomic mass is 35.5. The first kappa shape index (κ1) is 14.4. The molecule has 0 unspecified atom stereocenters. The molecule has 0 aromatic carbocycles. The maximum atomic E-state index is 11.4. The monoisotopic (exact) mass is 285 g/mol. The van der Waals surface area contributed by atoms with Gasteiger partial charge in [-0.15, -0.1) is 23.7 Å². The van der Waals surface area contributed by atoms with Crippen molar-refractivity contribution in [2.24, 2.45) is 0 Å². The van der Waals surface area contributed by atoms with Crippen molar-refractivity contribution in [2.75, 3.05) is 11.9 Å². The minimum absolute atomic E-state index is 0. The number of ether oxygens (including phenoxy) is 1. The van der Waals surface area contributed by atoms with Gasteiger partial charge in [0.1, 0.15) is 0 Å². The van der Waals surface area contributed by atoms with Crippen molar-refractivity contribution in [3.05, 3.63) is 35.6 Å². The normalized spacial score (nSPS) is 9.39. The maximum absolute atomic E-state index is 11.4. The molecule has 2 aromatic rings. The first-order valence-electron chi connectivity index (χ1n) is 5.09. The molecule has 0 atom stereocenters. The van der Waals surface area contributed by atoms with E-state index in [-0.39, 0.29) is 12.4 Å². The van der Waals surface area contributed by atoms with E-state index in [1.54, 1.807) is 24.7 Å². The average molecular weight is 286 g/mol. The zero-order valence-electron chi connectivity index (χ0n) is 9.62. The lowest BCUT2D eigenvalue weighted by Gasteiger charge is -2.00. The molecule has 2 aromatic heterocycles. The van der Waals surface area contributed by atoms with Crippen molar-refractivity contribution in [2.45, 2.75) is 6.92 Å². The van der Waals surface area contributed by atoms with Gasteiger partial charge in [-0.3, -0.25) is 4.98 Å². The van der Waals surface area contributed by atoms with Crippen LogP contribution in [0.15, 0.2) is 29.9 Å². The van der Waals surface area contributed by atoms with Crippen LogP contribution < -0.4 is 5.32 Å². The largest absolute Gasteiger partial charge is 0.461 e. The highest BCUT2D eigenvalue weighted by molar-refractivity contribution is 7.14. The van der Waals surface area contributed by atoms with Crippen LogP contribution in [0.25, 0.3) is 0 Å². The molecule has 0 aliphatic rings. The number of pyridine rings is 1. The minimum Gasteiger partial charge on any atom is -0.461 e. The van der Waals surface area contributed by atoms with Gasteiger partial charge in [-0.25, -0.2) is 9.78 Å². The van der Waals surface area contributed by atoms with E-state index < -0.39 is 5.97 Å². The van der Waals surface area contributed by atoms with Gasteiger partial charge in [0, 0.05) is 11.6 Å². The Morgan fingerprint density at radius 1 is 1.56 bits per heavy atom. The van der Waals surface area contributed by atoms with E-state index in [0.29, 0.717) is 17.4 Å². The zero-order chi connectivity index (χ0) is 12.1. The van der Waals surface area contributed by atoms with E-state index in [1.807, 2.05) is 12.1 Å². The van der Waals surface area contributed by atoms with E-state index in [9.17, 15) is 4.79 Å². The Hall–Kier alpha value is -1.66. The van der Waals surface area contributed by atoms with Crippen LogP contribution in [-0.2, 0) is 4.74 Å². The number of rotatable bonds is 4. The highest BCUT2D eigenvalue weighted by Gasteiger charge is 2.11. The van der Waals surface area contributed by atoms with E-state index in [2.05, 4.69) is 15.3 Å². The minimum atomic E-state index is -0.400. The SMILES string of the molecule is CCOC(=O)c1csc(Nc2cccnc2)n1.Cl. The van der Waals surface area contributed by atoms with Crippen LogP contribution in [0.2, 0.25) is 0 Å². The smallest absolute Gasteiger partial charge is 0.357 e. The first-order valence-corrected chi connectivity index (χ1v) is 5.97. The first-order chi connectivity index (χ1) is 8.29. The molecular weight excluding hydrogens is 274 g/mol. The predicted octanol–water partition coefficient (Wildman–Crippen LogP) is 2.88. The molecule has 0 aliphatic carbocycles. The van der Waals surface area contributed by atoms with Crippen LogP contribution in [0.4, 0.5) is 10.8 Å². The van der Waals surface area contributed by atoms with Crippen molar-refractivity contribution >= 4 is 40.5 Å². The second-order valence-corrected chi connectivity index (χ2v) is 3.98. The predicted molar refractivity (Wildman–Crippen MR) is 72.8 cm³/mol. The molecule has 0 bridgehead atoms. The average Bonchev–Trinajstić information content (AvgIpc) is 2.79. The molecule has 0 amide bonds. The summed E-state index contributed by atoms with van der Waals surface area (Å²) in [5.41, 5.74) is 1.15. The summed E-state index contributed by atoms with van der Waals surface area (Å²) in [7, 11) is 0. The topological polar surface area (TPSA) is 64.1 Å². The highest BCUT2D eigenvalue weighted by Crippen LogP contribution is 2.20. The molecule has 96 valence electrons. The van der Waals surface area contributed by atoms with Gasteiger partial charge in [0.05, 0.1) is 18.5 Å². The summed E-state index contributed by atoms with van der Waals surface area (Å²) in [5.74, 6) is -0.400. The lowest BCUT2D eigenvalue weighted by Crippen LogP contribution is -2.04. The Balaban J connectivity index is 0.00000162. The lowest BCUT2D eigenvalue weighted by molar-refractivity contribution is 0.0520. The Bertz CT molecular complexity index is 504. The summed E-state index contributed by atoms with van der Waals surface area (Å²) >= 11 is 1.35. The van der Waals surface area contributed by atoms with Crippen molar-refractivity contribution in [3.63, 3.8) is 0 Å². The Labute approximate surface area is 115 Å². The molecular formula is C11H12ClN3O2S. The standard InChI is InChI=1S/C11H11N3O2S.ClH/c1-2-16-10(15)9-7-17-11(14-9)13-8-4-3-5-12-6-8;/h3-7H,2H2,1H3,(H,13,14);1H. The van der Waals surface area contributed by atoms with Gasteiger partial charge in [-0.2, -0.15) is 0 Å². The number of carbonyl (C=O) groups excluding carboxylic acids is 1. The third-order valence-electron chi connectivity index (χ3n) is 1.90. The van der Waals surface area contributed by atoms with Crippen LogP contribution >= 0.6 is 23.7 Å². The Morgan fingerprint density at radius 3 is 3.06 bits per heavy atom. The van der Waals surface area contributed by atoms with Crippen LogP contribution in [0, 0.1) is 0 Å². The second kappa shape index (κ2) is 6.93. The number of aromatic nitrogens is 2. The van der Waals surface area contributed by atoms with E-state index in [1.165, 1.54) is 11.3 Å². The third kappa shape index (κ3) is 3.68. The fourth-order valence-electron chi connectivity index (χ4n) is 1.19. The van der Waals surface area contributed by atoms with Crippen molar-refractivity contribution in [3.8, 4) is 0 Å². The van der Waals surface area contributed by atoms with E-state index >= 15 is 0 Å². The van der Waals surface area contributed by atoms with Gasteiger partial charge in [-0.05, 0) is 19.1 Å². The van der Waals surface area contributed by atoms with Crippen LogP contribution in [0.5, 0.6) is 0 Å². The lowest BCUT2D eigenvalue weighted by atomic mass is 10.4. The zero-order valence-corrected chi connectivity index (χ0v) is 11.3. The molecule has 18 heavy (non-hydrogen) atoms. The summed E-state index contributed by atoms with van der Waals surface area (Å²) in [4.78, 5) is 19.5. The van der Waals surface area contributed by atoms with Crippen molar-refractivity contribution in [1.82, 2.24) is 9.97 Å². The van der Waals surface area contributed by atoms with Crippen LogP contribution in [-0.4, -0.2) is 22.5 Å². The van der Waals surface area contributed by atoms with Gasteiger partial charge < -0.3 is 10.1 Å². The quantitative estimate of drug-likeness (QED) is 0.875. The fourth-order valence-corrected chi connectivity index (χ4v) is 1.89. The van der Waals surface area contributed by atoms with E-state index in [0.717, 1.165) is 5.69 Å². The molecule has 2 heterocycles. The molecule has 0 fully saturated rings. The Kier molecular flexibility index (Phi) is 5.54. The number of halogens is 1. The molecule has 0 radical (unpaired) electrons. The third-order valence-corrected chi connectivity index (χ3v) is 2.66. The summed E-state index contributed by atoms with van der Waals surface area (Å²) in [6, 6.07) is 3.70. The number of nitrogens with one attached hydrogen (secondary N) is 1. The molecule has 0 spiro atoms. The number of thiazole rings is 1. The summed E-state index contributed by atoms with van der Waals surface area (Å²) in [6.07, 6.45) is 3.38. The van der Waals surface area contributed by atoms with Crippen LogP contribution in [0.3, 0.4) is 0 Å². The van der Waals surface area contributed by atoms with Crippen molar-refractivity contribution < 1.29 is 9.53 Å². The summed E-state index contributed by atoms with van der Waals surface area (Å²) in [5, 5.41) is 5.36. The number of esters is 1. The van der Waals surface area contributed by atoms with Gasteiger partial charge in [0.15, 0.2) is 10.8 Å². The molecule has 7 heteroatoms. The fraction of sp³-hybridized carbons (Fsp3) is 0.182. The molecule has 1 N–H and O–H groups in total. The summed E-state index contributed by atoms with van der Waals surface area (Å²) < 4.78 is 4.86. The van der Waals surface area contributed by atoms with Crippen LogP contribution in [0.1, 0.15) is 17.4 Å². The molecule has 2 rings (SSSR count). The molecule has 0 saturated heterocycles. The molecule has 0 saturated carbocycles. The number of hydrogen-bond donors (Lipinski definition) is 1. The van der Waals surface area contributed by atoms with Gasteiger partial charge in [-0.1, -0.05) is 0 Å². The van der Waals surface area contributed by atoms with E-state index in [4.69, 9.17) is 4.74 Å². The number of anilines is 2. The maximum Gasteiger partial charge on any atom is 0.357 e. The second-order valence-electron chi connectivity index (χ2n) is 3.13. The number of carbonyl (C=O) groups is 1. The van der Waals surface area contributed by atoms with Gasteiger partial charge >= 0.3 is 5.97 Å².